The summed E-state index contributed by atoms with van der Waals surface area (Å²) in [7, 11) is 4.10. The van der Waals surface area contributed by atoms with Gasteiger partial charge in [-0.1, -0.05) is 0 Å². The third kappa shape index (κ3) is 4.54. The van der Waals surface area contributed by atoms with Crippen LogP contribution in [0.2, 0.25) is 0 Å². The topological polar surface area (TPSA) is 101 Å². The SMILES string of the molecule is CN(C)[C@H]1CCN(CC(=O)NCCc2c[nH]c(=O)[nH]c2=O)C1. The molecule has 0 aliphatic carbocycles. The molecule has 122 valence electrons. The molecule has 22 heavy (non-hydrogen) atoms. The lowest BCUT2D eigenvalue weighted by molar-refractivity contribution is -0.122. The minimum absolute atomic E-state index is 0.0414. The first-order valence-corrected chi connectivity index (χ1v) is 7.42. The molecular weight excluding hydrogens is 286 g/mol. The van der Waals surface area contributed by atoms with E-state index >= 15 is 0 Å². The van der Waals surface area contributed by atoms with E-state index in [0.29, 0.717) is 31.1 Å². The van der Waals surface area contributed by atoms with E-state index in [-0.39, 0.29) is 5.91 Å². The van der Waals surface area contributed by atoms with Crippen LogP contribution in [0.5, 0.6) is 0 Å². The molecule has 2 rings (SSSR count). The van der Waals surface area contributed by atoms with Crippen LogP contribution in [0.15, 0.2) is 15.8 Å². The van der Waals surface area contributed by atoms with Crippen molar-refractivity contribution in [3.05, 3.63) is 32.6 Å². The molecule has 0 radical (unpaired) electrons. The largest absolute Gasteiger partial charge is 0.355 e. The van der Waals surface area contributed by atoms with Gasteiger partial charge in [-0.15, -0.1) is 0 Å². The number of likely N-dealkylation sites (N-methyl/N-ethyl adjacent to an activating group) is 1. The van der Waals surface area contributed by atoms with Crippen LogP contribution in [0.3, 0.4) is 0 Å². The number of amides is 1. The summed E-state index contributed by atoms with van der Waals surface area (Å²) in [5.41, 5.74) is -0.484. The monoisotopic (exact) mass is 309 g/mol. The van der Waals surface area contributed by atoms with Crippen molar-refractivity contribution < 1.29 is 4.79 Å². The molecule has 1 aliphatic rings. The number of H-pyrrole nitrogens is 2. The molecule has 2 heterocycles. The average Bonchev–Trinajstić information content (AvgIpc) is 2.90. The molecule has 8 heteroatoms. The Labute approximate surface area is 128 Å². The van der Waals surface area contributed by atoms with Crippen molar-refractivity contribution >= 4 is 5.91 Å². The number of nitrogens with one attached hydrogen (secondary N) is 3. The Morgan fingerprint density at radius 1 is 1.45 bits per heavy atom. The molecule has 0 spiro atoms. The van der Waals surface area contributed by atoms with Crippen molar-refractivity contribution in [1.82, 2.24) is 25.1 Å². The molecule has 1 aliphatic heterocycles. The van der Waals surface area contributed by atoms with Gasteiger partial charge in [-0.25, -0.2) is 4.79 Å². The fraction of sp³-hybridized carbons (Fsp3) is 0.643. The second-order valence-electron chi connectivity index (χ2n) is 5.84. The second-order valence-corrected chi connectivity index (χ2v) is 5.84. The van der Waals surface area contributed by atoms with Crippen molar-refractivity contribution in [1.29, 1.82) is 0 Å². The number of aromatic amines is 2. The van der Waals surface area contributed by atoms with Gasteiger partial charge in [0.1, 0.15) is 0 Å². The first-order valence-electron chi connectivity index (χ1n) is 7.42. The lowest BCUT2D eigenvalue weighted by Crippen LogP contribution is -2.39. The Morgan fingerprint density at radius 2 is 2.23 bits per heavy atom. The van der Waals surface area contributed by atoms with Crippen LogP contribution < -0.4 is 16.6 Å². The van der Waals surface area contributed by atoms with E-state index in [0.717, 1.165) is 19.5 Å². The number of aromatic nitrogens is 2. The minimum Gasteiger partial charge on any atom is -0.355 e. The zero-order chi connectivity index (χ0) is 16.1. The normalized spacial score (nSPS) is 18.8. The molecule has 0 bridgehead atoms. The number of rotatable bonds is 6. The molecular formula is C14H23N5O3. The summed E-state index contributed by atoms with van der Waals surface area (Å²) in [6.07, 6.45) is 2.85. The van der Waals surface area contributed by atoms with Crippen molar-refractivity contribution in [2.45, 2.75) is 18.9 Å². The third-order valence-corrected chi connectivity index (χ3v) is 3.96. The predicted octanol–water partition coefficient (Wildman–Crippen LogP) is -1.64. The van der Waals surface area contributed by atoms with Crippen LogP contribution in [0.25, 0.3) is 0 Å². The smallest absolute Gasteiger partial charge is 0.325 e. The lowest BCUT2D eigenvalue weighted by Gasteiger charge is -2.20. The quantitative estimate of drug-likeness (QED) is 0.585. The summed E-state index contributed by atoms with van der Waals surface area (Å²) in [5.74, 6) is -0.0414. The number of hydrogen-bond donors (Lipinski definition) is 3. The molecule has 1 aromatic heterocycles. The van der Waals surface area contributed by atoms with Gasteiger partial charge in [-0.3, -0.25) is 19.5 Å². The van der Waals surface area contributed by atoms with Gasteiger partial charge in [0.05, 0.1) is 6.54 Å². The maximum Gasteiger partial charge on any atom is 0.325 e. The van der Waals surface area contributed by atoms with E-state index in [1.165, 1.54) is 6.20 Å². The minimum atomic E-state index is -0.526. The van der Waals surface area contributed by atoms with E-state index in [1.807, 2.05) is 0 Å². The van der Waals surface area contributed by atoms with Gasteiger partial charge in [-0.05, 0) is 26.9 Å². The van der Waals surface area contributed by atoms with Crippen LogP contribution >= 0.6 is 0 Å². The van der Waals surface area contributed by atoms with E-state index < -0.39 is 11.2 Å². The zero-order valence-corrected chi connectivity index (χ0v) is 13.0. The van der Waals surface area contributed by atoms with Crippen LogP contribution in [0.4, 0.5) is 0 Å². The second kappa shape index (κ2) is 7.37. The molecule has 0 aromatic carbocycles. The van der Waals surface area contributed by atoms with Crippen molar-refractivity contribution in [2.24, 2.45) is 0 Å². The van der Waals surface area contributed by atoms with Gasteiger partial charge < -0.3 is 15.2 Å². The maximum absolute atomic E-state index is 11.9. The molecule has 0 saturated carbocycles. The molecule has 0 unspecified atom stereocenters. The third-order valence-electron chi connectivity index (χ3n) is 3.96. The Kier molecular flexibility index (Phi) is 5.51. The molecule has 1 fully saturated rings. The van der Waals surface area contributed by atoms with Gasteiger partial charge >= 0.3 is 5.69 Å². The lowest BCUT2D eigenvalue weighted by atomic mass is 10.2. The van der Waals surface area contributed by atoms with Crippen molar-refractivity contribution in [3.63, 3.8) is 0 Å². The van der Waals surface area contributed by atoms with Gasteiger partial charge in [0, 0.05) is 37.4 Å². The summed E-state index contributed by atoms with van der Waals surface area (Å²) >= 11 is 0. The van der Waals surface area contributed by atoms with Crippen molar-refractivity contribution in [2.75, 3.05) is 40.3 Å². The molecule has 3 N–H and O–H groups in total. The standard InChI is InChI=1S/C14H23N5O3/c1-18(2)11-4-6-19(8-11)9-12(20)15-5-3-10-7-16-14(22)17-13(10)21/h7,11H,3-6,8-9H2,1-2H3,(H,15,20)(H2,16,17,21,22)/t11-/m0/s1. The first-order chi connectivity index (χ1) is 10.5. The molecule has 1 aromatic rings. The van der Waals surface area contributed by atoms with Crippen molar-refractivity contribution in [3.8, 4) is 0 Å². The summed E-state index contributed by atoms with van der Waals surface area (Å²) < 4.78 is 0. The van der Waals surface area contributed by atoms with Gasteiger partial charge in [0.25, 0.3) is 5.56 Å². The van der Waals surface area contributed by atoms with Gasteiger partial charge in [-0.2, -0.15) is 0 Å². The maximum atomic E-state index is 11.9. The fourth-order valence-corrected chi connectivity index (χ4v) is 2.60. The number of nitrogens with zero attached hydrogens (tertiary/aromatic N) is 2. The summed E-state index contributed by atoms with van der Waals surface area (Å²) in [6.45, 7) is 2.58. The number of likely N-dealkylation sites (tertiary alicyclic amines) is 1. The Balaban J connectivity index is 1.72. The van der Waals surface area contributed by atoms with Crippen LogP contribution in [0.1, 0.15) is 12.0 Å². The predicted molar refractivity (Wildman–Crippen MR) is 82.9 cm³/mol. The molecule has 1 saturated heterocycles. The zero-order valence-electron chi connectivity index (χ0n) is 13.0. The Hall–Kier alpha value is -1.93. The summed E-state index contributed by atoms with van der Waals surface area (Å²) in [4.78, 5) is 43.2. The first kappa shape index (κ1) is 16.4. The van der Waals surface area contributed by atoms with Crippen LogP contribution in [-0.2, 0) is 11.2 Å². The van der Waals surface area contributed by atoms with E-state index in [1.54, 1.807) is 0 Å². The molecule has 8 nitrogen and oxygen atoms in total. The Morgan fingerprint density at radius 3 is 2.86 bits per heavy atom. The van der Waals surface area contributed by atoms with Crippen LogP contribution in [0, 0.1) is 0 Å². The summed E-state index contributed by atoms with van der Waals surface area (Å²) in [6, 6.07) is 0.507. The highest BCUT2D eigenvalue weighted by molar-refractivity contribution is 5.78. The van der Waals surface area contributed by atoms with E-state index in [2.05, 4.69) is 39.2 Å². The summed E-state index contributed by atoms with van der Waals surface area (Å²) in [5, 5.41) is 2.80. The number of carbonyl (C=O) groups excluding carboxylic acids is 1. The number of hydrogen-bond acceptors (Lipinski definition) is 5. The Bertz CT molecular complexity index is 621. The van der Waals surface area contributed by atoms with Crippen LogP contribution in [-0.4, -0.2) is 72.0 Å². The average molecular weight is 309 g/mol. The number of carbonyl (C=O) groups is 1. The highest BCUT2D eigenvalue weighted by atomic mass is 16.2. The van der Waals surface area contributed by atoms with E-state index in [4.69, 9.17) is 0 Å². The van der Waals surface area contributed by atoms with Gasteiger partial charge in [0.2, 0.25) is 5.91 Å². The molecule has 1 amide bonds. The highest BCUT2D eigenvalue weighted by Crippen LogP contribution is 2.12. The highest BCUT2D eigenvalue weighted by Gasteiger charge is 2.24. The fourth-order valence-electron chi connectivity index (χ4n) is 2.60. The van der Waals surface area contributed by atoms with E-state index in [9.17, 15) is 14.4 Å². The van der Waals surface area contributed by atoms with Gasteiger partial charge in [0.15, 0.2) is 0 Å². The molecule has 1 atom stereocenters.